The molecular weight excluding hydrogens is 293 g/mol. The lowest BCUT2D eigenvalue weighted by Gasteiger charge is -2.14. The van der Waals surface area contributed by atoms with E-state index in [1.807, 2.05) is 0 Å². The summed E-state index contributed by atoms with van der Waals surface area (Å²) >= 11 is 0. The van der Waals surface area contributed by atoms with Crippen LogP contribution in [0.3, 0.4) is 0 Å². The minimum Gasteiger partial charge on any atom is -0.492 e. The summed E-state index contributed by atoms with van der Waals surface area (Å²) in [5.74, 6) is -0.327. The lowest BCUT2D eigenvalue weighted by Crippen LogP contribution is -2.15. The summed E-state index contributed by atoms with van der Waals surface area (Å²) in [6, 6.07) is 10.3. The molecule has 0 radical (unpaired) electrons. The average molecular weight is 309 g/mol. The molecular formula is C15H16FNO3S. The molecule has 0 heterocycles. The third-order valence-electron chi connectivity index (χ3n) is 2.87. The molecule has 0 aliphatic heterocycles. The fourth-order valence-corrected chi connectivity index (χ4v) is 3.23. The van der Waals surface area contributed by atoms with Crippen LogP contribution in [-0.2, 0) is 10.0 Å². The standard InChI is InChI=1S/C15H16FNO3S/c1-3-20-14-10-12(16)8-9-13(14)17-21(18,19)15-7-5-4-6-11(15)2/h4-10,17H,3H2,1-2H3. The zero-order valence-corrected chi connectivity index (χ0v) is 12.6. The van der Waals surface area contributed by atoms with Gasteiger partial charge in [0.2, 0.25) is 0 Å². The van der Waals surface area contributed by atoms with Crippen molar-refractivity contribution in [2.45, 2.75) is 18.7 Å². The van der Waals surface area contributed by atoms with Gasteiger partial charge >= 0.3 is 0 Å². The molecule has 0 aliphatic rings. The second kappa shape index (κ2) is 6.13. The number of ether oxygens (including phenoxy) is 1. The van der Waals surface area contributed by atoms with Crippen molar-refractivity contribution in [2.75, 3.05) is 11.3 Å². The van der Waals surface area contributed by atoms with E-state index in [0.717, 1.165) is 6.07 Å². The van der Waals surface area contributed by atoms with E-state index in [9.17, 15) is 12.8 Å². The Morgan fingerprint density at radius 2 is 1.90 bits per heavy atom. The number of sulfonamides is 1. The molecule has 0 atom stereocenters. The predicted octanol–water partition coefficient (Wildman–Crippen LogP) is 3.33. The molecule has 0 saturated carbocycles. The minimum absolute atomic E-state index is 0.162. The predicted molar refractivity (Wildman–Crippen MR) is 79.6 cm³/mol. The van der Waals surface area contributed by atoms with Crippen LogP contribution in [0.15, 0.2) is 47.4 Å². The highest BCUT2D eigenvalue weighted by Gasteiger charge is 2.18. The van der Waals surface area contributed by atoms with Gasteiger partial charge in [0.15, 0.2) is 0 Å². The van der Waals surface area contributed by atoms with Crippen molar-refractivity contribution >= 4 is 15.7 Å². The monoisotopic (exact) mass is 309 g/mol. The first-order chi connectivity index (χ1) is 9.94. The molecule has 0 fully saturated rings. The molecule has 0 bridgehead atoms. The quantitative estimate of drug-likeness (QED) is 0.921. The third-order valence-corrected chi connectivity index (χ3v) is 4.40. The van der Waals surface area contributed by atoms with Gasteiger partial charge in [0.1, 0.15) is 11.6 Å². The van der Waals surface area contributed by atoms with Gasteiger partial charge in [-0.25, -0.2) is 12.8 Å². The zero-order valence-electron chi connectivity index (χ0n) is 11.8. The number of anilines is 1. The number of nitrogens with one attached hydrogen (secondary N) is 1. The Balaban J connectivity index is 2.40. The van der Waals surface area contributed by atoms with E-state index < -0.39 is 15.8 Å². The van der Waals surface area contributed by atoms with Crippen LogP contribution in [0, 0.1) is 12.7 Å². The van der Waals surface area contributed by atoms with Crippen molar-refractivity contribution in [3.05, 3.63) is 53.8 Å². The average Bonchev–Trinajstić information content (AvgIpc) is 2.42. The zero-order chi connectivity index (χ0) is 15.5. The molecule has 0 spiro atoms. The number of hydrogen-bond acceptors (Lipinski definition) is 3. The summed E-state index contributed by atoms with van der Waals surface area (Å²) < 4.78 is 45.7. The molecule has 0 aliphatic carbocycles. The highest BCUT2D eigenvalue weighted by atomic mass is 32.2. The van der Waals surface area contributed by atoms with Gasteiger partial charge in [-0.15, -0.1) is 0 Å². The van der Waals surface area contributed by atoms with E-state index in [1.165, 1.54) is 18.2 Å². The molecule has 4 nitrogen and oxygen atoms in total. The molecule has 2 rings (SSSR count). The van der Waals surface area contributed by atoms with Crippen molar-refractivity contribution in [2.24, 2.45) is 0 Å². The Morgan fingerprint density at radius 3 is 2.57 bits per heavy atom. The Morgan fingerprint density at radius 1 is 1.19 bits per heavy atom. The number of rotatable bonds is 5. The van der Waals surface area contributed by atoms with Crippen LogP contribution in [-0.4, -0.2) is 15.0 Å². The summed E-state index contributed by atoms with van der Waals surface area (Å²) in [4.78, 5) is 0.178. The van der Waals surface area contributed by atoms with Gasteiger partial charge < -0.3 is 4.74 Å². The van der Waals surface area contributed by atoms with Crippen LogP contribution < -0.4 is 9.46 Å². The van der Waals surface area contributed by atoms with Crippen molar-refractivity contribution in [3.63, 3.8) is 0 Å². The maximum absolute atomic E-state index is 13.2. The largest absolute Gasteiger partial charge is 0.492 e. The third kappa shape index (κ3) is 3.52. The van der Waals surface area contributed by atoms with Crippen LogP contribution in [0.5, 0.6) is 5.75 Å². The lowest BCUT2D eigenvalue weighted by molar-refractivity contribution is 0.340. The van der Waals surface area contributed by atoms with Crippen LogP contribution in [0.1, 0.15) is 12.5 Å². The fraction of sp³-hybridized carbons (Fsp3) is 0.200. The SMILES string of the molecule is CCOc1cc(F)ccc1NS(=O)(=O)c1ccccc1C. The summed E-state index contributed by atoms with van der Waals surface area (Å²) in [5, 5.41) is 0. The minimum atomic E-state index is -3.75. The van der Waals surface area contributed by atoms with Gasteiger partial charge in [-0.05, 0) is 37.6 Å². The lowest BCUT2D eigenvalue weighted by atomic mass is 10.2. The Kier molecular flexibility index (Phi) is 4.47. The summed E-state index contributed by atoms with van der Waals surface area (Å²) in [6.45, 7) is 3.76. The van der Waals surface area contributed by atoms with E-state index >= 15 is 0 Å². The first-order valence-electron chi connectivity index (χ1n) is 6.45. The first-order valence-corrected chi connectivity index (χ1v) is 7.93. The maximum atomic E-state index is 13.2. The molecule has 6 heteroatoms. The Labute approximate surface area is 123 Å². The van der Waals surface area contributed by atoms with E-state index in [4.69, 9.17) is 4.74 Å². The fourth-order valence-electron chi connectivity index (χ4n) is 1.91. The van der Waals surface area contributed by atoms with Gasteiger partial charge in [-0.1, -0.05) is 18.2 Å². The van der Waals surface area contributed by atoms with Crippen molar-refractivity contribution in [1.29, 1.82) is 0 Å². The van der Waals surface area contributed by atoms with Crippen LogP contribution in [0.25, 0.3) is 0 Å². The second-order valence-electron chi connectivity index (χ2n) is 4.44. The molecule has 2 aromatic carbocycles. The molecule has 112 valence electrons. The van der Waals surface area contributed by atoms with Gasteiger partial charge in [0, 0.05) is 6.07 Å². The Hall–Kier alpha value is -2.08. The van der Waals surface area contributed by atoms with E-state index in [2.05, 4.69) is 4.72 Å². The van der Waals surface area contributed by atoms with Crippen molar-refractivity contribution in [1.82, 2.24) is 0 Å². The Bertz CT molecular complexity index is 744. The van der Waals surface area contributed by atoms with Crippen LogP contribution >= 0.6 is 0 Å². The summed E-state index contributed by atoms with van der Waals surface area (Å²) in [6.07, 6.45) is 0. The molecule has 0 amide bonds. The number of benzene rings is 2. The van der Waals surface area contributed by atoms with Crippen molar-refractivity contribution in [3.8, 4) is 5.75 Å². The maximum Gasteiger partial charge on any atom is 0.262 e. The highest BCUT2D eigenvalue weighted by Crippen LogP contribution is 2.28. The van der Waals surface area contributed by atoms with Crippen molar-refractivity contribution < 1.29 is 17.5 Å². The normalized spacial score (nSPS) is 11.2. The molecule has 0 unspecified atom stereocenters. The van der Waals surface area contributed by atoms with Crippen LogP contribution in [0.2, 0.25) is 0 Å². The number of hydrogen-bond donors (Lipinski definition) is 1. The molecule has 21 heavy (non-hydrogen) atoms. The first kappa shape index (κ1) is 15.3. The van der Waals surface area contributed by atoms with Gasteiger partial charge in [-0.2, -0.15) is 0 Å². The molecule has 2 aromatic rings. The van der Waals surface area contributed by atoms with E-state index in [-0.39, 0.29) is 16.3 Å². The smallest absolute Gasteiger partial charge is 0.262 e. The summed E-state index contributed by atoms with van der Waals surface area (Å²) in [5.41, 5.74) is 0.839. The van der Waals surface area contributed by atoms with E-state index in [1.54, 1.807) is 32.0 Å². The number of aryl methyl sites for hydroxylation is 1. The van der Waals surface area contributed by atoms with E-state index in [0.29, 0.717) is 12.2 Å². The molecule has 0 saturated heterocycles. The van der Waals surface area contributed by atoms with Gasteiger partial charge in [0.05, 0.1) is 17.2 Å². The molecule has 0 aromatic heterocycles. The van der Waals surface area contributed by atoms with Gasteiger partial charge in [0.25, 0.3) is 10.0 Å². The topological polar surface area (TPSA) is 55.4 Å². The highest BCUT2D eigenvalue weighted by molar-refractivity contribution is 7.92. The summed E-state index contributed by atoms with van der Waals surface area (Å²) in [7, 11) is -3.75. The molecule has 1 N–H and O–H groups in total. The van der Waals surface area contributed by atoms with Crippen LogP contribution in [0.4, 0.5) is 10.1 Å². The second-order valence-corrected chi connectivity index (χ2v) is 6.10. The number of halogens is 1. The van der Waals surface area contributed by atoms with Gasteiger partial charge in [-0.3, -0.25) is 4.72 Å².